The average molecular weight is 337 g/mol. The zero-order chi connectivity index (χ0) is 17.9. The van der Waals surface area contributed by atoms with Gasteiger partial charge in [-0.25, -0.2) is 0 Å². The molecule has 0 radical (unpaired) electrons. The molecule has 0 bridgehead atoms. The van der Waals surface area contributed by atoms with Crippen LogP contribution in [0.15, 0.2) is 4.42 Å². The van der Waals surface area contributed by atoms with Gasteiger partial charge in [-0.05, 0) is 7.05 Å². The van der Waals surface area contributed by atoms with Crippen LogP contribution in [0.4, 0.5) is 0 Å². The Morgan fingerprint density at radius 3 is 2.58 bits per heavy atom. The SMILES string of the molecule is CC(C)c1nnc(CCC(=O)N2CCN(C)[C@@H](C(=O)N(C)C)C2)o1. The number of carbonyl (C=O) groups excluding carboxylic acids is 2. The number of likely N-dealkylation sites (N-methyl/N-ethyl adjacent to an activating group) is 2. The second kappa shape index (κ2) is 7.74. The first-order chi connectivity index (χ1) is 11.3. The first-order valence-electron chi connectivity index (χ1n) is 8.31. The van der Waals surface area contributed by atoms with Crippen molar-refractivity contribution in [1.82, 2.24) is 24.9 Å². The summed E-state index contributed by atoms with van der Waals surface area (Å²) in [4.78, 5) is 30.0. The van der Waals surface area contributed by atoms with Crippen LogP contribution in [0.3, 0.4) is 0 Å². The largest absolute Gasteiger partial charge is 0.425 e. The van der Waals surface area contributed by atoms with Crippen LogP contribution in [-0.4, -0.2) is 83.5 Å². The lowest BCUT2D eigenvalue weighted by atomic mass is 10.1. The molecule has 1 aromatic rings. The van der Waals surface area contributed by atoms with E-state index in [0.29, 0.717) is 44.3 Å². The molecule has 0 unspecified atom stereocenters. The molecule has 1 fully saturated rings. The summed E-state index contributed by atoms with van der Waals surface area (Å²) in [5.41, 5.74) is 0. The molecule has 0 aliphatic carbocycles. The highest BCUT2D eigenvalue weighted by Gasteiger charge is 2.32. The number of nitrogens with zero attached hydrogens (tertiary/aromatic N) is 5. The van der Waals surface area contributed by atoms with Gasteiger partial charge in [-0.1, -0.05) is 13.8 Å². The smallest absolute Gasteiger partial charge is 0.241 e. The van der Waals surface area contributed by atoms with Gasteiger partial charge in [0.2, 0.25) is 23.6 Å². The highest BCUT2D eigenvalue weighted by molar-refractivity contribution is 5.83. The Morgan fingerprint density at radius 2 is 2.00 bits per heavy atom. The van der Waals surface area contributed by atoms with Crippen molar-refractivity contribution in [1.29, 1.82) is 0 Å². The normalized spacial score (nSPS) is 18.9. The predicted molar refractivity (Wildman–Crippen MR) is 88.4 cm³/mol. The quantitative estimate of drug-likeness (QED) is 0.771. The van der Waals surface area contributed by atoms with E-state index in [0.717, 1.165) is 0 Å². The van der Waals surface area contributed by atoms with Crippen molar-refractivity contribution in [2.75, 3.05) is 40.8 Å². The summed E-state index contributed by atoms with van der Waals surface area (Å²) in [5, 5.41) is 7.95. The van der Waals surface area contributed by atoms with Gasteiger partial charge < -0.3 is 14.2 Å². The summed E-state index contributed by atoms with van der Waals surface area (Å²) in [7, 11) is 5.39. The maximum atomic E-state index is 12.4. The molecule has 2 rings (SSSR count). The van der Waals surface area contributed by atoms with Gasteiger partial charge in [0.25, 0.3) is 0 Å². The fourth-order valence-electron chi connectivity index (χ4n) is 2.64. The summed E-state index contributed by atoms with van der Waals surface area (Å²) in [6, 6.07) is -0.284. The fraction of sp³-hybridized carbons (Fsp3) is 0.750. The highest BCUT2D eigenvalue weighted by atomic mass is 16.4. The van der Waals surface area contributed by atoms with Gasteiger partial charge in [-0.15, -0.1) is 10.2 Å². The van der Waals surface area contributed by atoms with Crippen molar-refractivity contribution in [2.45, 2.75) is 38.6 Å². The standard InChI is InChI=1S/C16H27N5O3/c1-11(2)15-18-17-13(24-15)6-7-14(22)21-9-8-20(5)12(10-21)16(23)19(3)4/h11-12H,6-10H2,1-5H3/t12-/m1/s1. The van der Waals surface area contributed by atoms with E-state index in [1.165, 1.54) is 0 Å². The minimum absolute atomic E-state index is 0.0175. The molecule has 1 saturated heterocycles. The van der Waals surface area contributed by atoms with Gasteiger partial charge in [0, 0.05) is 52.5 Å². The Bertz CT molecular complexity index is 584. The number of carbonyl (C=O) groups is 2. The third-order valence-corrected chi connectivity index (χ3v) is 4.26. The molecule has 0 spiro atoms. The minimum atomic E-state index is -0.284. The Morgan fingerprint density at radius 1 is 1.29 bits per heavy atom. The van der Waals surface area contributed by atoms with Crippen LogP contribution in [0.5, 0.6) is 0 Å². The second-order valence-electron chi connectivity index (χ2n) is 6.76. The number of aryl methyl sites for hydroxylation is 1. The van der Waals surface area contributed by atoms with Crippen molar-refractivity contribution >= 4 is 11.8 Å². The molecule has 1 aromatic heterocycles. The van der Waals surface area contributed by atoms with Crippen molar-refractivity contribution in [2.24, 2.45) is 0 Å². The Hall–Kier alpha value is -1.96. The van der Waals surface area contributed by atoms with E-state index >= 15 is 0 Å². The van der Waals surface area contributed by atoms with Crippen molar-refractivity contribution in [3.05, 3.63) is 11.8 Å². The predicted octanol–water partition coefficient (Wildman–Crippen LogP) is 0.356. The topological polar surface area (TPSA) is 82.8 Å². The van der Waals surface area contributed by atoms with Gasteiger partial charge >= 0.3 is 0 Å². The van der Waals surface area contributed by atoms with Gasteiger partial charge in [0.15, 0.2) is 0 Å². The fourth-order valence-corrected chi connectivity index (χ4v) is 2.64. The van der Waals surface area contributed by atoms with E-state index in [4.69, 9.17) is 4.42 Å². The molecule has 134 valence electrons. The molecule has 0 saturated carbocycles. The lowest BCUT2D eigenvalue weighted by Crippen LogP contribution is -2.58. The number of amides is 2. The maximum absolute atomic E-state index is 12.4. The molecule has 8 nitrogen and oxygen atoms in total. The van der Waals surface area contributed by atoms with Crippen LogP contribution in [0.1, 0.15) is 38.0 Å². The monoisotopic (exact) mass is 337 g/mol. The molecule has 0 aromatic carbocycles. The summed E-state index contributed by atoms with van der Waals surface area (Å²) in [5.74, 6) is 1.30. The molecule has 1 atom stereocenters. The van der Waals surface area contributed by atoms with E-state index in [1.807, 2.05) is 25.8 Å². The van der Waals surface area contributed by atoms with Gasteiger partial charge in [0.05, 0.1) is 0 Å². The molecular formula is C16H27N5O3. The van der Waals surface area contributed by atoms with E-state index in [9.17, 15) is 9.59 Å². The van der Waals surface area contributed by atoms with Gasteiger partial charge in [0.1, 0.15) is 6.04 Å². The third-order valence-electron chi connectivity index (χ3n) is 4.26. The lowest BCUT2D eigenvalue weighted by Gasteiger charge is -2.39. The van der Waals surface area contributed by atoms with E-state index in [2.05, 4.69) is 10.2 Å². The molecule has 2 heterocycles. The Balaban J connectivity index is 1.90. The molecule has 8 heteroatoms. The Labute approximate surface area is 142 Å². The highest BCUT2D eigenvalue weighted by Crippen LogP contribution is 2.15. The average Bonchev–Trinajstić information content (AvgIpc) is 3.01. The third kappa shape index (κ3) is 4.31. The number of hydrogen-bond acceptors (Lipinski definition) is 6. The first kappa shape index (κ1) is 18.4. The zero-order valence-corrected chi connectivity index (χ0v) is 15.2. The van der Waals surface area contributed by atoms with E-state index in [1.54, 1.807) is 23.9 Å². The molecular weight excluding hydrogens is 310 g/mol. The summed E-state index contributed by atoms with van der Waals surface area (Å²) < 4.78 is 5.53. The van der Waals surface area contributed by atoms with Crippen molar-refractivity contribution < 1.29 is 14.0 Å². The van der Waals surface area contributed by atoms with Crippen LogP contribution in [0.25, 0.3) is 0 Å². The Kier molecular flexibility index (Phi) is 5.93. The first-order valence-corrected chi connectivity index (χ1v) is 8.31. The van der Waals surface area contributed by atoms with Crippen molar-refractivity contribution in [3.8, 4) is 0 Å². The maximum Gasteiger partial charge on any atom is 0.241 e. The molecule has 1 aliphatic heterocycles. The molecule has 2 amide bonds. The molecule has 24 heavy (non-hydrogen) atoms. The van der Waals surface area contributed by atoms with Crippen LogP contribution in [-0.2, 0) is 16.0 Å². The molecule has 1 aliphatic rings. The summed E-state index contributed by atoms with van der Waals surface area (Å²) in [6.45, 7) is 5.71. The van der Waals surface area contributed by atoms with Crippen LogP contribution < -0.4 is 0 Å². The lowest BCUT2D eigenvalue weighted by molar-refractivity contribution is -0.141. The van der Waals surface area contributed by atoms with E-state index < -0.39 is 0 Å². The van der Waals surface area contributed by atoms with Gasteiger partial charge in [-0.3, -0.25) is 14.5 Å². The van der Waals surface area contributed by atoms with Crippen molar-refractivity contribution in [3.63, 3.8) is 0 Å². The summed E-state index contributed by atoms with van der Waals surface area (Å²) >= 11 is 0. The molecule has 0 N–H and O–H groups in total. The van der Waals surface area contributed by atoms with Gasteiger partial charge in [-0.2, -0.15) is 0 Å². The van der Waals surface area contributed by atoms with Crippen LogP contribution in [0.2, 0.25) is 0 Å². The second-order valence-corrected chi connectivity index (χ2v) is 6.76. The van der Waals surface area contributed by atoms with E-state index in [-0.39, 0.29) is 23.8 Å². The summed E-state index contributed by atoms with van der Waals surface area (Å²) in [6.07, 6.45) is 0.740. The zero-order valence-electron chi connectivity index (χ0n) is 15.2. The number of aromatic nitrogens is 2. The van der Waals surface area contributed by atoms with Crippen LogP contribution in [0, 0.1) is 0 Å². The number of hydrogen-bond donors (Lipinski definition) is 0. The minimum Gasteiger partial charge on any atom is -0.425 e. The number of rotatable bonds is 5. The number of piperazine rings is 1. The van der Waals surface area contributed by atoms with Crippen LogP contribution >= 0.6 is 0 Å².